The van der Waals surface area contributed by atoms with Crippen LogP contribution in [0.4, 0.5) is 0 Å². The average Bonchev–Trinajstić information content (AvgIpc) is 3.37. The molecule has 6 nitrogen and oxygen atoms in total. The SMILES string of the molecule is Cn1cccc1C(=O)N1CCN(C(=O)c2cccn2Cc2ccccc2)CC1. The van der Waals surface area contributed by atoms with Crippen molar-refractivity contribution in [3.63, 3.8) is 0 Å². The molecule has 0 atom stereocenters. The quantitative estimate of drug-likeness (QED) is 0.702. The zero-order valence-corrected chi connectivity index (χ0v) is 16.0. The van der Waals surface area contributed by atoms with Crippen LogP contribution in [0.25, 0.3) is 0 Å². The first-order valence-corrected chi connectivity index (χ1v) is 9.52. The third kappa shape index (κ3) is 3.58. The number of rotatable bonds is 4. The molecule has 1 fully saturated rings. The summed E-state index contributed by atoms with van der Waals surface area (Å²) in [4.78, 5) is 29.3. The van der Waals surface area contributed by atoms with Gasteiger partial charge in [0, 0.05) is 52.2 Å². The van der Waals surface area contributed by atoms with E-state index in [1.807, 2.05) is 80.8 Å². The maximum absolute atomic E-state index is 13.0. The molecule has 2 aromatic heterocycles. The predicted molar refractivity (Wildman–Crippen MR) is 107 cm³/mol. The zero-order chi connectivity index (χ0) is 19.5. The Bertz CT molecular complexity index is 965. The second kappa shape index (κ2) is 7.76. The highest BCUT2D eigenvalue weighted by atomic mass is 16.2. The molecule has 1 saturated heterocycles. The van der Waals surface area contributed by atoms with Crippen LogP contribution in [0.3, 0.4) is 0 Å². The van der Waals surface area contributed by atoms with Crippen molar-refractivity contribution in [1.82, 2.24) is 18.9 Å². The standard InChI is InChI=1S/C22H24N4O2/c1-23-11-5-9-19(23)21(27)24-13-15-25(16-14-24)22(28)20-10-6-12-26(20)17-18-7-3-2-4-8-18/h2-12H,13-17H2,1H3. The molecule has 1 aromatic carbocycles. The van der Waals surface area contributed by atoms with Gasteiger partial charge in [0.1, 0.15) is 11.4 Å². The Hall–Kier alpha value is -3.28. The van der Waals surface area contributed by atoms with Gasteiger partial charge in [0.25, 0.3) is 11.8 Å². The van der Waals surface area contributed by atoms with E-state index in [1.54, 1.807) is 0 Å². The summed E-state index contributed by atoms with van der Waals surface area (Å²) in [5.41, 5.74) is 2.52. The van der Waals surface area contributed by atoms with Crippen LogP contribution in [-0.4, -0.2) is 56.9 Å². The van der Waals surface area contributed by atoms with Crippen LogP contribution >= 0.6 is 0 Å². The Labute approximate surface area is 164 Å². The molecule has 3 aromatic rings. The maximum atomic E-state index is 13.0. The van der Waals surface area contributed by atoms with Crippen LogP contribution in [-0.2, 0) is 13.6 Å². The van der Waals surface area contributed by atoms with Crippen molar-refractivity contribution in [2.75, 3.05) is 26.2 Å². The Balaban J connectivity index is 1.40. The minimum atomic E-state index is 0.0203. The van der Waals surface area contributed by atoms with Crippen LogP contribution < -0.4 is 0 Å². The van der Waals surface area contributed by atoms with E-state index in [9.17, 15) is 9.59 Å². The molecule has 1 aliphatic rings. The molecule has 0 radical (unpaired) electrons. The zero-order valence-electron chi connectivity index (χ0n) is 16.0. The Morgan fingerprint density at radius 3 is 1.93 bits per heavy atom. The number of piperazine rings is 1. The van der Waals surface area contributed by atoms with Crippen LogP contribution in [0.15, 0.2) is 67.0 Å². The highest BCUT2D eigenvalue weighted by molar-refractivity contribution is 5.94. The molecule has 2 amide bonds. The van der Waals surface area contributed by atoms with Crippen LogP contribution in [0, 0.1) is 0 Å². The van der Waals surface area contributed by atoms with Gasteiger partial charge in [-0.2, -0.15) is 0 Å². The second-order valence-corrected chi connectivity index (χ2v) is 7.10. The lowest BCUT2D eigenvalue weighted by atomic mass is 10.2. The van der Waals surface area contributed by atoms with E-state index >= 15 is 0 Å². The van der Waals surface area contributed by atoms with E-state index < -0.39 is 0 Å². The van der Waals surface area contributed by atoms with E-state index in [0.29, 0.717) is 44.1 Å². The van der Waals surface area contributed by atoms with Gasteiger partial charge in [0.15, 0.2) is 0 Å². The Morgan fingerprint density at radius 2 is 1.32 bits per heavy atom. The Morgan fingerprint density at radius 1 is 0.750 bits per heavy atom. The fourth-order valence-corrected chi connectivity index (χ4v) is 3.65. The third-order valence-electron chi connectivity index (χ3n) is 5.26. The number of benzene rings is 1. The summed E-state index contributed by atoms with van der Waals surface area (Å²) in [7, 11) is 1.87. The van der Waals surface area contributed by atoms with Crippen LogP contribution in [0.1, 0.15) is 26.5 Å². The Kier molecular flexibility index (Phi) is 5.02. The van der Waals surface area contributed by atoms with Crippen LogP contribution in [0.5, 0.6) is 0 Å². The highest BCUT2D eigenvalue weighted by Gasteiger charge is 2.27. The van der Waals surface area contributed by atoms with Gasteiger partial charge in [0.05, 0.1) is 0 Å². The minimum absolute atomic E-state index is 0.0203. The smallest absolute Gasteiger partial charge is 0.270 e. The number of hydrogen-bond acceptors (Lipinski definition) is 2. The topological polar surface area (TPSA) is 50.5 Å². The number of aryl methyl sites for hydroxylation is 1. The highest BCUT2D eigenvalue weighted by Crippen LogP contribution is 2.14. The third-order valence-corrected chi connectivity index (χ3v) is 5.26. The van der Waals surface area contributed by atoms with Crippen molar-refractivity contribution >= 4 is 11.8 Å². The number of carbonyl (C=O) groups is 2. The van der Waals surface area contributed by atoms with Crippen molar-refractivity contribution in [3.8, 4) is 0 Å². The number of hydrogen-bond donors (Lipinski definition) is 0. The molecule has 6 heteroatoms. The summed E-state index contributed by atoms with van der Waals surface area (Å²) in [6.07, 6.45) is 3.81. The number of carbonyl (C=O) groups excluding carboxylic acids is 2. The molecule has 0 aliphatic carbocycles. The summed E-state index contributed by atoms with van der Waals surface area (Å²) in [5, 5.41) is 0. The molecular formula is C22H24N4O2. The summed E-state index contributed by atoms with van der Waals surface area (Å²) in [6.45, 7) is 2.86. The maximum Gasteiger partial charge on any atom is 0.270 e. The van der Waals surface area contributed by atoms with Gasteiger partial charge in [0.2, 0.25) is 0 Å². The van der Waals surface area contributed by atoms with Gasteiger partial charge in [-0.15, -0.1) is 0 Å². The normalized spacial score (nSPS) is 14.3. The minimum Gasteiger partial charge on any atom is -0.347 e. The first-order chi connectivity index (χ1) is 13.6. The van der Waals surface area contributed by atoms with Gasteiger partial charge >= 0.3 is 0 Å². The molecule has 3 heterocycles. The first-order valence-electron chi connectivity index (χ1n) is 9.52. The molecule has 28 heavy (non-hydrogen) atoms. The number of amides is 2. The summed E-state index contributed by atoms with van der Waals surface area (Å²) in [6, 6.07) is 17.6. The lowest BCUT2D eigenvalue weighted by Gasteiger charge is -2.35. The van der Waals surface area contributed by atoms with Crippen molar-refractivity contribution in [3.05, 3.63) is 83.9 Å². The van der Waals surface area contributed by atoms with Gasteiger partial charge in [-0.25, -0.2) is 0 Å². The van der Waals surface area contributed by atoms with Crippen molar-refractivity contribution in [2.45, 2.75) is 6.54 Å². The summed E-state index contributed by atoms with van der Waals surface area (Å²) >= 11 is 0. The predicted octanol–water partition coefficient (Wildman–Crippen LogP) is 2.47. The number of aromatic nitrogens is 2. The lowest BCUT2D eigenvalue weighted by molar-refractivity contribution is 0.0524. The molecule has 0 N–H and O–H groups in total. The van der Waals surface area contributed by atoms with Gasteiger partial charge in [-0.3, -0.25) is 9.59 Å². The molecule has 0 unspecified atom stereocenters. The van der Waals surface area contributed by atoms with E-state index in [2.05, 4.69) is 12.1 Å². The van der Waals surface area contributed by atoms with Crippen molar-refractivity contribution < 1.29 is 9.59 Å². The molecule has 0 spiro atoms. The first kappa shape index (κ1) is 18.1. The van der Waals surface area contributed by atoms with Gasteiger partial charge in [-0.1, -0.05) is 30.3 Å². The number of nitrogens with zero attached hydrogens (tertiary/aromatic N) is 4. The average molecular weight is 376 g/mol. The van der Waals surface area contributed by atoms with E-state index in [0.717, 1.165) is 5.56 Å². The van der Waals surface area contributed by atoms with E-state index in [4.69, 9.17) is 0 Å². The van der Waals surface area contributed by atoms with Gasteiger partial charge < -0.3 is 18.9 Å². The van der Waals surface area contributed by atoms with Gasteiger partial charge in [-0.05, 0) is 29.8 Å². The fraction of sp³-hybridized carbons (Fsp3) is 0.273. The lowest BCUT2D eigenvalue weighted by Crippen LogP contribution is -2.51. The molecular weight excluding hydrogens is 352 g/mol. The molecule has 0 bridgehead atoms. The molecule has 4 rings (SSSR count). The molecule has 0 saturated carbocycles. The largest absolute Gasteiger partial charge is 0.347 e. The molecule has 144 valence electrons. The fourth-order valence-electron chi connectivity index (χ4n) is 3.65. The van der Waals surface area contributed by atoms with Crippen LogP contribution in [0.2, 0.25) is 0 Å². The van der Waals surface area contributed by atoms with Crippen molar-refractivity contribution in [1.29, 1.82) is 0 Å². The molecule has 1 aliphatic heterocycles. The summed E-state index contributed by atoms with van der Waals surface area (Å²) < 4.78 is 3.81. The van der Waals surface area contributed by atoms with E-state index in [1.165, 1.54) is 0 Å². The summed E-state index contributed by atoms with van der Waals surface area (Å²) in [5.74, 6) is 0.0407. The van der Waals surface area contributed by atoms with E-state index in [-0.39, 0.29) is 11.8 Å². The van der Waals surface area contributed by atoms with Crippen molar-refractivity contribution in [2.24, 2.45) is 7.05 Å². The monoisotopic (exact) mass is 376 g/mol. The second-order valence-electron chi connectivity index (χ2n) is 7.10.